The quantitative estimate of drug-likeness (QED) is 0.743. The van der Waals surface area contributed by atoms with Gasteiger partial charge in [0.05, 0.1) is 0 Å². The van der Waals surface area contributed by atoms with Crippen LogP contribution in [0, 0.1) is 6.92 Å². The molecule has 26 heavy (non-hydrogen) atoms. The lowest BCUT2D eigenvalue weighted by Crippen LogP contribution is -2.39. The van der Waals surface area contributed by atoms with Crippen molar-refractivity contribution in [2.75, 3.05) is 6.54 Å². The molecule has 2 aromatic carbocycles. The third-order valence-electron chi connectivity index (χ3n) is 5.52. The van der Waals surface area contributed by atoms with Crippen LogP contribution in [0.4, 0.5) is 0 Å². The van der Waals surface area contributed by atoms with Crippen LogP contribution >= 0.6 is 0 Å². The van der Waals surface area contributed by atoms with E-state index in [2.05, 4.69) is 29.6 Å². The summed E-state index contributed by atoms with van der Waals surface area (Å²) in [6.45, 7) is 2.65. The van der Waals surface area contributed by atoms with Crippen molar-refractivity contribution in [2.45, 2.75) is 50.9 Å². The molecule has 0 heterocycles. The first-order chi connectivity index (χ1) is 12.6. The average Bonchev–Trinajstić information content (AvgIpc) is 3.16. The maximum atomic E-state index is 12.3. The molecule has 0 bridgehead atoms. The van der Waals surface area contributed by atoms with Crippen LogP contribution in [0.3, 0.4) is 0 Å². The van der Waals surface area contributed by atoms with Crippen LogP contribution in [-0.2, 0) is 10.2 Å². The average molecular weight is 349 g/mol. The highest BCUT2D eigenvalue weighted by molar-refractivity contribution is 5.97. The molecule has 1 aliphatic rings. The van der Waals surface area contributed by atoms with Crippen molar-refractivity contribution in [3.8, 4) is 0 Å². The molecule has 1 amide bonds. The summed E-state index contributed by atoms with van der Waals surface area (Å²) in [6, 6.07) is 18.0. The maximum absolute atomic E-state index is 12.3. The van der Waals surface area contributed by atoms with Gasteiger partial charge in [0.2, 0.25) is 5.91 Å². The predicted octanol–water partition coefficient (Wildman–Crippen LogP) is 4.59. The number of benzene rings is 2. The van der Waals surface area contributed by atoms with Crippen molar-refractivity contribution in [3.63, 3.8) is 0 Å². The van der Waals surface area contributed by atoms with Gasteiger partial charge in [-0.3, -0.25) is 9.59 Å². The van der Waals surface area contributed by atoms with Gasteiger partial charge in [-0.25, -0.2) is 0 Å². The van der Waals surface area contributed by atoms with E-state index in [1.54, 1.807) is 0 Å². The monoisotopic (exact) mass is 349 g/mol. The lowest BCUT2D eigenvalue weighted by atomic mass is 9.79. The van der Waals surface area contributed by atoms with Crippen LogP contribution in [0.5, 0.6) is 0 Å². The van der Waals surface area contributed by atoms with E-state index < -0.39 is 0 Å². The lowest BCUT2D eigenvalue weighted by Gasteiger charge is -2.30. The van der Waals surface area contributed by atoms with Gasteiger partial charge in [-0.1, -0.05) is 73.0 Å². The molecule has 1 aliphatic carbocycles. The van der Waals surface area contributed by atoms with Crippen LogP contribution in [0.15, 0.2) is 54.6 Å². The first-order valence-electron chi connectivity index (χ1n) is 9.51. The van der Waals surface area contributed by atoms with E-state index in [9.17, 15) is 9.59 Å². The largest absolute Gasteiger partial charge is 0.355 e. The highest BCUT2D eigenvalue weighted by Gasteiger charge is 2.35. The summed E-state index contributed by atoms with van der Waals surface area (Å²) in [5.74, 6) is -0.00791. The van der Waals surface area contributed by atoms with E-state index in [0.29, 0.717) is 12.1 Å². The Morgan fingerprint density at radius 1 is 0.923 bits per heavy atom. The molecular weight excluding hydrogens is 322 g/mol. The van der Waals surface area contributed by atoms with E-state index in [-0.39, 0.29) is 29.9 Å². The first-order valence-corrected chi connectivity index (χ1v) is 9.51. The second-order valence-electron chi connectivity index (χ2n) is 7.42. The Balaban J connectivity index is 1.53. The SMILES string of the molecule is Cc1ccc(C(=O)CCC(=O)NCC2(c3ccccc3)CCCC2)cc1. The Morgan fingerprint density at radius 3 is 2.23 bits per heavy atom. The Morgan fingerprint density at radius 2 is 1.58 bits per heavy atom. The number of hydrogen-bond donors (Lipinski definition) is 1. The van der Waals surface area contributed by atoms with Gasteiger partial charge in [-0.2, -0.15) is 0 Å². The summed E-state index contributed by atoms with van der Waals surface area (Å²) in [7, 11) is 0. The summed E-state index contributed by atoms with van der Waals surface area (Å²) in [5.41, 5.74) is 3.17. The predicted molar refractivity (Wildman–Crippen MR) is 104 cm³/mol. The van der Waals surface area contributed by atoms with E-state index in [1.807, 2.05) is 37.3 Å². The number of ketones is 1. The van der Waals surface area contributed by atoms with Gasteiger partial charge in [0, 0.05) is 30.4 Å². The minimum Gasteiger partial charge on any atom is -0.355 e. The molecule has 3 rings (SSSR count). The molecule has 0 atom stereocenters. The molecule has 3 nitrogen and oxygen atoms in total. The van der Waals surface area contributed by atoms with Crippen molar-refractivity contribution in [2.24, 2.45) is 0 Å². The number of carbonyl (C=O) groups excluding carboxylic acids is 2. The standard InChI is InChI=1S/C23H27NO2/c1-18-9-11-19(12-10-18)21(25)13-14-22(26)24-17-23(15-5-6-16-23)20-7-3-2-4-8-20/h2-4,7-12H,5-6,13-17H2,1H3,(H,24,26). The molecule has 1 N–H and O–H groups in total. The highest BCUT2D eigenvalue weighted by Crippen LogP contribution is 2.40. The van der Waals surface area contributed by atoms with Gasteiger partial charge in [0.1, 0.15) is 0 Å². The minimum absolute atomic E-state index is 0.0267. The van der Waals surface area contributed by atoms with Crippen LogP contribution in [-0.4, -0.2) is 18.2 Å². The molecule has 3 heteroatoms. The normalized spacial score (nSPS) is 15.6. The Bertz CT molecular complexity index is 744. The summed E-state index contributed by atoms with van der Waals surface area (Å²) >= 11 is 0. The van der Waals surface area contributed by atoms with Crippen molar-refractivity contribution < 1.29 is 9.59 Å². The molecule has 0 saturated heterocycles. The second kappa shape index (κ2) is 8.31. The van der Waals surface area contributed by atoms with Crippen molar-refractivity contribution >= 4 is 11.7 Å². The number of amides is 1. The fourth-order valence-corrected chi connectivity index (χ4v) is 3.88. The van der Waals surface area contributed by atoms with Crippen molar-refractivity contribution in [1.82, 2.24) is 5.32 Å². The zero-order chi connectivity index (χ0) is 18.4. The smallest absolute Gasteiger partial charge is 0.220 e. The molecule has 0 unspecified atom stereocenters. The molecular formula is C23H27NO2. The third kappa shape index (κ3) is 4.40. The Hall–Kier alpha value is -2.42. The molecule has 1 fully saturated rings. The molecule has 0 aromatic heterocycles. The fraction of sp³-hybridized carbons (Fsp3) is 0.391. The van der Waals surface area contributed by atoms with Gasteiger partial charge >= 0.3 is 0 Å². The van der Waals surface area contributed by atoms with Gasteiger partial charge in [0.25, 0.3) is 0 Å². The summed E-state index contributed by atoms with van der Waals surface area (Å²) in [5, 5.41) is 3.09. The minimum atomic E-state index is -0.0346. The molecule has 2 aromatic rings. The summed E-state index contributed by atoms with van der Waals surface area (Å²) in [6.07, 6.45) is 5.14. The summed E-state index contributed by atoms with van der Waals surface area (Å²) in [4.78, 5) is 24.5. The second-order valence-corrected chi connectivity index (χ2v) is 7.42. The molecule has 0 radical (unpaired) electrons. The van der Waals surface area contributed by atoms with Crippen LogP contribution in [0.2, 0.25) is 0 Å². The number of rotatable bonds is 7. The van der Waals surface area contributed by atoms with Gasteiger partial charge < -0.3 is 5.32 Å². The number of Topliss-reactive ketones (excluding diaryl/α,β-unsaturated/α-hetero) is 1. The van der Waals surface area contributed by atoms with Crippen LogP contribution in [0.1, 0.15) is 60.0 Å². The Kier molecular flexibility index (Phi) is 5.87. The summed E-state index contributed by atoms with van der Waals surface area (Å²) < 4.78 is 0. The van der Waals surface area contributed by atoms with Crippen molar-refractivity contribution in [1.29, 1.82) is 0 Å². The van der Waals surface area contributed by atoms with Gasteiger partial charge in [-0.15, -0.1) is 0 Å². The molecule has 1 saturated carbocycles. The van der Waals surface area contributed by atoms with Crippen LogP contribution in [0.25, 0.3) is 0 Å². The third-order valence-corrected chi connectivity index (χ3v) is 5.52. The topological polar surface area (TPSA) is 46.2 Å². The van der Waals surface area contributed by atoms with Gasteiger partial charge in [-0.05, 0) is 25.3 Å². The molecule has 0 spiro atoms. The van der Waals surface area contributed by atoms with Crippen molar-refractivity contribution in [3.05, 3.63) is 71.3 Å². The van der Waals surface area contributed by atoms with E-state index in [1.165, 1.54) is 18.4 Å². The van der Waals surface area contributed by atoms with E-state index in [0.717, 1.165) is 18.4 Å². The zero-order valence-corrected chi connectivity index (χ0v) is 15.5. The molecule has 136 valence electrons. The highest BCUT2D eigenvalue weighted by atomic mass is 16.2. The maximum Gasteiger partial charge on any atom is 0.220 e. The fourth-order valence-electron chi connectivity index (χ4n) is 3.88. The Labute approximate surface area is 155 Å². The van der Waals surface area contributed by atoms with E-state index >= 15 is 0 Å². The van der Waals surface area contributed by atoms with E-state index in [4.69, 9.17) is 0 Å². The lowest BCUT2D eigenvalue weighted by molar-refractivity contribution is -0.121. The molecule has 0 aliphatic heterocycles. The number of carbonyl (C=O) groups is 2. The zero-order valence-electron chi connectivity index (χ0n) is 15.5. The number of hydrogen-bond acceptors (Lipinski definition) is 2. The van der Waals surface area contributed by atoms with Crippen LogP contribution < -0.4 is 5.32 Å². The first kappa shape index (κ1) is 18.4. The number of aryl methyl sites for hydroxylation is 1. The van der Waals surface area contributed by atoms with Gasteiger partial charge in [0.15, 0.2) is 5.78 Å². The number of nitrogens with one attached hydrogen (secondary N) is 1.